The number of piperazine rings is 1. The predicted molar refractivity (Wildman–Crippen MR) is 145 cm³/mol. The molecule has 7 heteroatoms. The van der Waals surface area contributed by atoms with Gasteiger partial charge in [-0.05, 0) is 86.8 Å². The van der Waals surface area contributed by atoms with Gasteiger partial charge in [0.2, 0.25) is 0 Å². The van der Waals surface area contributed by atoms with Crippen molar-refractivity contribution in [2.24, 2.45) is 28.6 Å². The van der Waals surface area contributed by atoms with Crippen molar-refractivity contribution in [1.29, 1.82) is 0 Å². The van der Waals surface area contributed by atoms with Crippen molar-refractivity contribution < 1.29 is 19.1 Å². The fraction of sp³-hybridized carbons (Fsp3) is 0.806. The lowest BCUT2D eigenvalue weighted by molar-refractivity contribution is -0.204. The van der Waals surface area contributed by atoms with Crippen LogP contribution in [0, 0.1) is 28.6 Å². The van der Waals surface area contributed by atoms with Gasteiger partial charge in [0, 0.05) is 63.0 Å². The first-order valence-corrected chi connectivity index (χ1v) is 15.0. The summed E-state index contributed by atoms with van der Waals surface area (Å²) < 4.78 is 11.2. The number of hydrogen-bond acceptors (Lipinski definition) is 7. The van der Waals surface area contributed by atoms with E-state index in [2.05, 4.69) is 30.7 Å². The van der Waals surface area contributed by atoms with Crippen LogP contribution in [0.1, 0.15) is 83.6 Å². The predicted octanol–water partition coefficient (Wildman–Crippen LogP) is 4.04. The number of hydrogen-bond donors (Lipinski definition) is 1. The molecule has 0 amide bonds. The molecule has 0 unspecified atom stereocenters. The molecular formula is C31H46N2O5. The van der Waals surface area contributed by atoms with Crippen LogP contribution in [0.5, 0.6) is 0 Å². The van der Waals surface area contributed by atoms with Crippen molar-refractivity contribution >= 4 is 5.97 Å². The van der Waals surface area contributed by atoms with Gasteiger partial charge in [0.25, 0.3) is 0 Å². The van der Waals surface area contributed by atoms with E-state index in [4.69, 9.17) is 9.15 Å². The summed E-state index contributed by atoms with van der Waals surface area (Å²) in [5, 5.41) is 12.7. The topological polar surface area (TPSA) is 83.2 Å². The smallest absolute Gasteiger partial charge is 0.335 e. The minimum atomic E-state index is -0.918. The van der Waals surface area contributed by atoms with E-state index in [1.807, 2.05) is 0 Å². The lowest BCUT2D eigenvalue weighted by Gasteiger charge is -2.64. The third-order valence-corrected chi connectivity index (χ3v) is 12.3. The average Bonchev–Trinajstić information content (AvgIpc) is 3.10. The zero-order valence-electron chi connectivity index (χ0n) is 23.7. The van der Waals surface area contributed by atoms with Crippen molar-refractivity contribution in [3.8, 4) is 0 Å². The molecule has 4 saturated carbocycles. The normalized spacial score (nSPS) is 45.6. The first-order valence-electron chi connectivity index (χ1n) is 15.0. The van der Waals surface area contributed by atoms with Gasteiger partial charge < -0.3 is 19.2 Å². The van der Waals surface area contributed by atoms with E-state index in [0.717, 1.165) is 24.8 Å². The molecule has 0 radical (unpaired) electrons. The number of nitrogens with zero attached hydrogens (tertiary/aromatic N) is 2. The summed E-state index contributed by atoms with van der Waals surface area (Å²) in [6, 6.07) is 3.94. The molecule has 0 bridgehead atoms. The van der Waals surface area contributed by atoms with Crippen LogP contribution >= 0.6 is 0 Å². The Kier molecular flexibility index (Phi) is 6.59. The third-order valence-electron chi connectivity index (χ3n) is 12.3. The van der Waals surface area contributed by atoms with Gasteiger partial charge in [0.05, 0.1) is 11.9 Å². The highest BCUT2D eigenvalue weighted by molar-refractivity contribution is 5.66. The summed E-state index contributed by atoms with van der Waals surface area (Å²) >= 11 is 0. The number of esters is 1. The molecular weight excluding hydrogens is 480 g/mol. The molecule has 4 aliphatic carbocycles. The van der Waals surface area contributed by atoms with E-state index in [0.29, 0.717) is 24.3 Å². The monoisotopic (exact) mass is 526 g/mol. The van der Waals surface area contributed by atoms with Gasteiger partial charge in [-0.2, -0.15) is 0 Å². The van der Waals surface area contributed by atoms with Gasteiger partial charge in [0.1, 0.15) is 6.10 Å². The highest BCUT2D eigenvalue weighted by Gasteiger charge is 2.70. The van der Waals surface area contributed by atoms with Crippen molar-refractivity contribution in [3.63, 3.8) is 0 Å². The number of rotatable bonds is 3. The molecule has 1 saturated heterocycles. The van der Waals surface area contributed by atoms with Crippen LogP contribution in [-0.4, -0.2) is 71.8 Å². The Balaban J connectivity index is 1.27. The molecule has 5 fully saturated rings. The molecule has 0 aromatic carbocycles. The second kappa shape index (κ2) is 9.45. The Hall–Kier alpha value is -1.70. The van der Waals surface area contributed by atoms with Gasteiger partial charge >= 0.3 is 11.6 Å². The summed E-state index contributed by atoms with van der Waals surface area (Å²) in [5.74, 6) is 0.873. The number of carbonyl (C=O) groups excluding carboxylic acids is 1. The molecule has 7 nitrogen and oxygen atoms in total. The quantitative estimate of drug-likeness (QED) is 0.595. The highest BCUT2D eigenvalue weighted by atomic mass is 16.5. The summed E-state index contributed by atoms with van der Waals surface area (Å²) in [7, 11) is 2.23. The van der Waals surface area contributed by atoms with Crippen LogP contribution in [0.3, 0.4) is 0 Å². The number of ether oxygens (including phenoxy) is 1. The second-order valence-electron chi connectivity index (χ2n) is 13.9. The molecule has 38 heavy (non-hydrogen) atoms. The molecule has 1 aromatic heterocycles. The first-order chi connectivity index (χ1) is 18.0. The lowest BCUT2D eigenvalue weighted by atomic mass is 9.43. The van der Waals surface area contributed by atoms with Crippen LogP contribution < -0.4 is 5.63 Å². The molecule has 210 valence electrons. The standard InChI is InChI=1S/C31H46N2O5/c1-20(34)38-26-18-31(36)25-7-6-22-17-23(33-15-13-32(4)14-16-33)9-11-29(22,2)24(25)10-12-30(31,3)28(26)21-5-8-27(35)37-19-21/h5,8,19,22-26,28,36H,6-7,9-18H2,1-4H3/t22-,23+,24+,25-,26+,28+,29+,30-,31+/m1/s1. The summed E-state index contributed by atoms with van der Waals surface area (Å²) in [6.45, 7) is 10.9. The Labute approximate surface area is 226 Å². The van der Waals surface area contributed by atoms with Gasteiger partial charge in [-0.3, -0.25) is 9.69 Å². The number of fused-ring (bicyclic) bond motifs is 5. The Morgan fingerprint density at radius 3 is 2.50 bits per heavy atom. The van der Waals surface area contributed by atoms with Crippen molar-refractivity contribution in [1.82, 2.24) is 9.80 Å². The zero-order valence-corrected chi connectivity index (χ0v) is 23.7. The molecule has 0 spiro atoms. The summed E-state index contributed by atoms with van der Waals surface area (Å²) in [6.07, 6.45) is 9.53. The van der Waals surface area contributed by atoms with Crippen LogP contribution in [-0.2, 0) is 9.53 Å². The van der Waals surface area contributed by atoms with Crippen molar-refractivity contribution in [2.45, 2.75) is 95.8 Å². The van der Waals surface area contributed by atoms with Crippen LogP contribution in [0.15, 0.2) is 27.6 Å². The third kappa shape index (κ3) is 4.02. The average molecular weight is 527 g/mol. The fourth-order valence-electron chi connectivity index (χ4n) is 10.2. The Morgan fingerprint density at radius 1 is 1.05 bits per heavy atom. The molecule has 2 heterocycles. The largest absolute Gasteiger partial charge is 0.462 e. The van der Waals surface area contributed by atoms with E-state index in [9.17, 15) is 14.7 Å². The van der Waals surface area contributed by atoms with Crippen molar-refractivity contribution in [2.75, 3.05) is 33.2 Å². The molecule has 1 aliphatic heterocycles. The molecule has 5 aliphatic rings. The van der Waals surface area contributed by atoms with Crippen LogP contribution in [0.2, 0.25) is 0 Å². The molecule has 1 N–H and O–H groups in total. The Morgan fingerprint density at radius 2 is 1.82 bits per heavy atom. The van der Waals surface area contributed by atoms with Gasteiger partial charge in [-0.15, -0.1) is 0 Å². The fourth-order valence-corrected chi connectivity index (χ4v) is 10.2. The lowest BCUT2D eigenvalue weighted by Crippen LogP contribution is -2.62. The van der Waals surface area contributed by atoms with Crippen molar-refractivity contribution in [3.05, 3.63) is 34.4 Å². The molecule has 6 rings (SSSR count). The van der Waals surface area contributed by atoms with Crippen LogP contribution in [0.25, 0.3) is 0 Å². The Bertz CT molecular complexity index is 1090. The zero-order chi connectivity index (χ0) is 26.9. The summed E-state index contributed by atoms with van der Waals surface area (Å²) in [5.41, 5.74) is -0.663. The second-order valence-corrected chi connectivity index (χ2v) is 13.9. The van der Waals surface area contributed by atoms with E-state index < -0.39 is 22.7 Å². The van der Waals surface area contributed by atoms with E-state index in [1.54, 1.807) is 6.07 Å². The van der Waals surface area contributed by atoms with E-state index in [1.165, 1.54) is 71.1 Å². The number of likely N-dealkylation sites (N-methyl/N-ethyl adjacent to an activating group) is 1. The van der Waals surface area contributed by atoms with Gasteiger partial charge in [0.15, 0.2) is 0 Å². The maximum Gasteiger partial charge on any atom is 0.335 e. The van der Waals surface area contributed by atoms with Gasteiger partial charge in [-0.1, -0.05) is 13.8 Å². The molecule has 9 atom stereocenters. The summed E-state index contributed by atoms with van der Waals surface area (Å²) in [4.78, 5) is 29.1. The van der Waals surface area contributed by atoms with Crippen LogP contribution in [0.4, 0.5) is 0 Å². The molecule has 1 aromatic rings. The maximum absolute atomic E-state index is 12.7. The van der Waals surface area contributed by atoms with E-state index >= 15 is 0 Å². The number of aliphatic hydroxyl groups is 1. The van der Waals surface area contributed by atoms with Gasteiger partial charge in [-0.25, -0.2) is 4.79 Å². The first kappa shape index (κ1) is 26.5. The number of carbonyl (C=O) groups is 1. The maximum atomic E-state index is 12.7. The van der Waals surface area contributed by atoms with E-state index in [-0.39, 0.29) is 23.2 Å². The minimum absolute atomic E-state index is 0.194. The minimum Gasteiger partial charge on any atom is -0.462 e. The highest BCUT2D eigenvalue weighted by Crippen LogP contribution is 2.71. The SMILES string of the molecule is CC(=O)O[C@H]1C[C@]2(O)[C@@H]3CC[C@@H]4C[C@@H](N5CCN(C)CC5)CC[C@]4(C)[C@H]3CC[C@]2(C)[C@H]1c1ccc(=O)oc1.